The Morgan fingerprint density at radius 3 is 2.55 bits per heavy atom. The minimum Gasteiger partial charge on any atom is -0.325 e. The van der Waals surface area contributed by atoms with Gasteiger partial charge in [-0.05, 0) is 49.6 Å². The normalized spacial score (nSPS) is 15.6. The fraction of sp³-hybridized carbons (Fsp3) is 0.500. The lowest BCUT2D eigenvalue weighted by atomic mass is 9.89. The summed E-state index contributed by atoms with van der Waals surface area (Å²) >= 11 is 0. The molecular weight excluding hydrogens is 250 g/mol. The van der Waals surface area contributed by atoms with Crippen LogP contribution in [0.15, 0.2) is 24.3 Å². The summed E-state index contributed by atoms with van der Waals surface area (Å²) in [5, 5.41) is 14.8. The Labute approximate surface area is 120 Å². The predicted molar refractivity (Wildman–Crippen MR) is 79.2 cm³/mol. The number of amides is 1. The lowest BCUT2D eigenvalue weighted by molar-refractivity contribution is -0.115. The van der Waals surface area contributed by atoms with E-state index in [1.165, 1.54) is 32.1 Å². The molecule has 0 bridgehead atoms. The second-order valence-electron chi connectivity index (χ2n) is 5.37. The fourth-order valence-corrected chi connectivity index (χ4v) is 2.61. The van der Waals surface area contributed by atoms with Crippen molar-refractivity contribution in [1.82, 2.24) is 5.32 Å². The Kier molecular flexibility index (Phi) is 5.57. The van der Waals surface area contributed by atoms with Gasteiger partial charge in [0.1, 0.15) is 0 Å². The van der Waals surface area contributed by atoms with Crippen LogP contribution in [0.1, 0.15) is 37.7 Å². The molecule has 0 atom stereocenters. The summed E-state index contributed by atoms with van der Waals surface area (Å²) < 4.78 is 0. The molecule has 1 aromatic carbocycles. The van der Waals surface area contributed by atoms with Crippen LogP contribution in [0.4, 0.5) is 5.69 Å². The monoisotopic (exact) mass is 271 g/mol. The average Bonchev–Trinajstić information content (AvgIpc) is 2.49. The molecule has 0 unspecified atom stereocenters. The fourth-order valence-electron chi connectivity index (χ4n) is 2.61. The number of nitriles is 1. The summed E-state index contributed by atoms with van der Waals surface area (Å²) in [6.45, 7) is 1.28. The molecule has 0 aliphatic heterocycles. The second-order valence-corrected chi connectivity index (χ2v) is 5.37. The molecule has 1 saturated carbocycles. The van der Waals surface area contributed by atoms with Gasteiger partial charge in [-0.3, -0.25) is 4.79 Å². The van der Waals surface area contributed by atoms with Crippen LogP contribution in [0.25, 0.3) is 0 Å². The number of benzene rings is 1. The zero-order chi connectivity index (χ0) is 14.2. The highest BCUT2D eigenvalue weighted by atomic mass is 16.1. The van der Waals surface area contributed by atoms with E-state index in [1.807, 2.05) is 0 Å². The average molecular weight is 271 g/mol. The quantitative estimate of drug-likeness (QED) is 0.865. The highest BCUT2D eigenvalue weighted by Crippen LogP contribution is 2.22. The van der Waals surface area contributed by atoms with Crippen molar-refractivity contribution in [2.45, 2.75) is 32.1 Å². The van der Waals surface area contributed by atoms with Crippen molar-refractivity contribution >= 4 is 11.6 Å². The van der Waals surface area contributed by atoms with Crippen molar-refractivity contribution in [3.63, 3.8) is 0 Å². The molecule has 1 fully saturated rings. The second kappa shape index (κ2) is 7.66. The number of nitrogens with zero attached hydrogens (tertiary/aromatic N) is 1. The molecule has 2 rings (SSSR count). The molecule has 0 aromatic heterocycles. The molecule has 4 heteroatoms. The van der Waals surface area contributed by atoms with Gasteiger partial charge in [-0.1, -0.05) is 19.3 Å². The molecule has 0 radical (unpaired) electrons. The van der Waals surface area contributed by atoms with Gasteiger partial charge in [-0.15, -0.1) is 0 Å². The zero-order valence-corrected chi connectivity index (χ0v) is 11.7. The zero-order valence-electron chi connectivity index (χ0n) is 11.7. The number of carbonyl (C=O) groups excluding carboxylic acids is 1. The Morgan fingerprint density at radius 2 is 1.90 bits per heavy atom. The third-order valence-corrected chi connectivity index (χ3v) is 3.74. The molecule has 0 spiro atoms. The maximum atomic E-state index is 11.8. The first-order valence-electron chi connectivity index (χ1n) is 7.28. The Morgan fingerprint density at radius 1 is 1.20 bits per heavy atom. The van der Waals surface area contributed by atoms with E-state index in [1.54, 1.807) is 24.3 Å². The van der Waals surface area contributed by atoms with Gasteiger partial charge in [0, 0.05) is 5.69 Å². The molecule has 1 aliphatic rings. The van der Waals surface area contributed by atoms with Gasteiger partial charge in [-0.2, -0.15) is 5.26 Å². The van der Waals surface area contributed by atoms with Gasteiger partial charge < -0.3 is 10.6 Å². The van der Waals surface area contributed by atoms with Crippen molar-refractivity contribution in [1.29, 1.82) is 5.26 Å². The van der Waals surface area contributed by atoms with E-state index in [-0.39, 0.29) is 5.91 Å². The lowest BCUT2D eigenvalue weighted by Crippen LogP contribution is -2.32. The van der Waals surface area contributed by atoms with Crippen molar-refractivity contribution in [3.8, 4) is 6.07 Å². The van der Waals surface area contributed by atoms with Crippen LogP contribution in [0.3, 0.4) is 0 Å². The van der Waals surface area contributed by atoms with Crippen molar-refractivity contribution in [3.05, 3.63) is 29.8 Å². The van der Waals surface area contributed by atoms with Crippen LogP contribution in [-0.2, 0) is 4.79 Å². The molecule has 2 N–H and O–H groups in total. The third-order valence-electron chi connectivity index (χ3n) is 3.74. The van der Waals surface area contributed by atoms with E-state index in [0.717, 1.165) is 18.2 Å². The van der Waals surface area contributed by atoms with E-state index in [0.29, 0.717) is 12.1 Å². The standard InChI is InChI=1S/C16H21N3O/c17-10-13-6-8-15(9-7-13)19-16(20)12-18-11-14-4-2-1-3-5-14/h6-9,14,18H,1-5,11-12H2,(H,19,20). The largest absolute Gasteiger partial charge is 0.325 e. The first-order chi connectivity index (χ1) is 9.78. The number of anilines is 1. The van der Waals surface area contributed by atoms with Crippen LogP contribution >= 0.6 is 0 Å². The number of hydrogen-bond donors (Lipinski definition) is 2. The summed E-state index contributed by atoms with van der Waals surface area (Å²) in [5.41, 5.74) is 1.33. The molecule has 1 aromatic rings. The van der Waals surface area contributed by atoms with Gasteiger partial charge >= 0.3 is 0 Å². The molecular formula is C16H21N3O. The summed E-state index contributed by atoms with van der Waals surface area (Å²) in [6.07, 6.45) is 6.57. The minimum absolute atomic E-state index is 0.0366. The first kappa shape index (κ1) is 14.5. The van der Waals surface area contributed by atoms with Crippen molar-refractivity contribution in [2.75, 3.05) is 18.4 Å². The van der Waals surface area contributed by atoms with E-state index < -0.39 is 0 Å². The van der Waals surface area contributed by atoms with Crippen LogP contribution in [0.2, 0.25) is 0 Å². The summed E-state index contributed by atoms with van der Waals surface area (Å²) in [7, 11) is 0. The summed E-state index contributed by atoms with van der Waals surface area (Å²) in [6, 6.07) is 8.95. The maximum absolute atomic E-state index is 11.8. The number of hydrogen-bond acceptors (Lipinski definition) is 3. The van der Waals surface area contributed by atoms with Crippen LogP contribution in [0, 0.1) is 17.2 Å². The molecule has 106 valence electrons. The molecule has 0 saturated heterocycles. The number of rotatable bonds is 5. The van der Waals surface area contributed by atoms with Crippen molar-refractivity contribution in [2.24, 2.45) is 5.92 Å². The smallest absolute Gasteiger partial charge is 0.238 e. The van der Waals surface area contributed by atoms with E-state index in [4.69, 9.17) is 5.26 Å². The van der Waals surface area contributed by atoms with E-state index in [9.17, 15) is 4.79 Å². The first-order valence-corrected chi connectivity index (χ1v) is 7.28. The number of carbonyl (C=O) groups is 1. The highest BCUT2D eigenvalue weighted by Gasteiger charge is 2.13. The van der Waals surface area contributed by atoms with E-state index in [2.05, 4.69) is 16.7 Å². The Hall–Kier alpha value is -1.86. The maximum Gasteiger partial charge on any atom is 0.238 e. The van der Waals surface area contributed by atoms with Crippen molar-refractivity contribution < 1.29 is 4.79 Å². The van der Waals surface area contributed by atoms with Gasteiger partial charge in [0.2, 0.25) is 5.91 Å². The van der Waals surface area contributed by atoms with Gasteiger partial charge in [-0.25, -0.2) is 0 Å². The van der Waals surface area contributed by atoms with Crippen LogP contribution < -0.4 is 10.6 Å². The molecule has 1 amide bonds. The van der Waals surface area contributed by atoms with Gasteiger partial charge in [0.15, 0.2) is 0 Å². The Bertz CT molecular complexity index is 469. The summed E-state index contributed by atoms with van der Waals surface area (Å²) in [4.78, 5) is 11.8. The highest BCUT2D eigenvalue weighted by molar-refractivity contribution is 5.92. The topological polar surface area (TPSA) is 64.9 Å². The minimum atomic E-state index is -0.0366. The molecule has 1 aliphatic carbocycles. The van der Waals surface area contributed by atoms with Crippen LogP contribution in [-0.4, -0.2) is 19.0 Å². The lowest BCUT2D eigenvalue weighted by Gasteiger charge is -2.21. The third kappa shape index (κ3) is 4.67. The predicted octanol–water partition coefficient (Wildman–Crippen LogP) is 2.67. The molecule has 4 nitrogen and oxygen atoms in total. The van der Waals surface area contributed by atoms with Gasteiger partial charge in [0.05, 0.1) is 18.2 Å². The SMILES string of the molecule is N#Cc1ccc(NC(=O)CNCC2CCCCC2)cc1. The molecule has 20 heavy (non-hydrogen) atoms. The van der Waals surface area contributed by atoms with E-state index >= 15 is 0 Å². The van der Waals surface area contributed by atoms with Gasteiger partial charge in [0.25, 0.3) is 0 Å². The summed E-state index contributed by atoms with van der Waals surface area (Å²) in [5.74, 6) is 0.692. The van der Waals surface area contributed by atoms with Crippen LogP contribution in [0.5, 0.6) is 0 Å². The molecule has 0 heterocycles. The Balaban J connectivity index is 1.68. The number of nitrogens with one attached hydrogen (secondary N) is 2.